The first kappa shape index (κ1) is 5.41. The summed E-state index contributed by atoms with van der Waals surface area (Å²) in [4.78, 5) is 8.06. The number of rotatable bonds is 0. The molecule has 0 bridgehead atoms. The van der Waals surface area contributed by atoms with E-state index in [2.05, 4.69) is 9.98 Å². The van der Waals surface area contributed by atoms with Gasteiger partial charge < -0.3 is 5.73 Å². The van der Waals surface area contributed by atoms with E-state index in [-0.39, 0.29) is 5.92 Å². The van der Waals surface area contributed by atoms with Gasteiger partial charge in [0.2, 0.25) is 0 Å². The van der Waals surface area contributed by atoms with Gasteiger partial charge in [-0.3, -0.25) is 0 Å². The Kier molecular flexibility index (Phi) is 0.974. The normalized spacial score (nSPS) is 27.8. The maximum atomic E-state index is 5.45. The Morgan fingerprint density at radius 1 is 1.40 bits per heavy atom. The maximum absolute atomic E-state index is 5.45. The van der Waals surface area contributed by atoms with E-state index in [0.29, 0.717) is 5.84 Å². The average Bonchev–Trinajstić information content (AvgIpc) is 2.33. The van der Waals surface area contributed by atoms with Gasteiger partial charge in [-0.05, 0) is 6.08 Å². The molecule has 3 nitrogen and oxygen atoms in total. The predicted molar refractivity (Wildman–Crippen MR) is 40.8 cm³/mol. The highest BCUT2D eigenvalue weighted by Gasteiger charge is 2.15. The van der Waals surface area contributed by atoms with Crippen molar-refractivity contribution in [2.24, 2.45) is 21.6 Å². The monoisotopic (exact) mass is 133 g/mol. The van der Waals surface area contributed by atoms with Gasteiger partial charge in [-0.25, -0.2) is 9.98 Å². The molecule has 0 aliphatic carbocycles. The van der Waals surface area contributed by atoms with Crippen LogP contribution >= 0.6 is 0 Å². The predicted octanol–water partition coefficient (Wildman–Crippen LogP) is 0.455. The third kappa shape index (κ3) is 0.673. The van der Waals surface area contributed by atoms with Crippen LogP contribution in [0.3, 0.4) is 0 Å². The van der Waals surface area contributed by atoms with E-state index in [1.54, 1.807) is 12.3 Å². The molecule has 0 aromatic heterocycles. The van der Waals surface area contributed by atoms with Crippen LogP contribution in [0.15, 0.2) is 34.4 Å². The van der Waals surface area contributed by atoms with E-state index in [1.165, 1.54) is 0 Å². The molecule has 2 N–H and O–H groups in total. The Labute approximate surface area is 58.7 Å². The summed E-state index contributed by atoms with van der Waals surface area (Å²) >= 11 is 0. The van der Waals surface area contributed by atoms with Gasteiger partial charge in [-0.15, -0.1) is 0 Å². The Balaban J connectivity index is 2.39. The summed E-state index contributed by atoms with van der Waals surface area (Å²) in [6.07, 6.45) is 7.54. The molecule has 0 saturated carbocycles. The third-order valence-corrected chi connectivity index (χ3v) is 1.52. The Bertz CT molecular complexity index is 271. The third-order valence-electron chi connectivity index (χ3n) is 1.52. The zero-order chi connectivity index (χ0) is 6.97. The van der Waals surface area contributed by atoms with Crippen LogP contribution in [0.4, 0.5) is 0 Å². The summed E-state index contributed by atoms with van der Waals surface area (Å²) in [7, 11) is 0. The number of fused-ring (bicyclic) bond motifs is 1. The molecule has 2 aliphatic rings. The highest BCUT2D eigenvalue weighted by molar-refractivity contribution is 6.07. The van der Waals surface area contributed by atoms with Crippen LogP contribution in [0.2, 0.25) is 0 Å². The Morgan fingerprint density at radius 2 is 2.30 bits per heavy atom. The molecule has 0 amide bonds. The van der Waals surface area contributed by atoms with E-state index in [0.717, 1.165) is 5.84 Å². The van der Waals surface area contributed by atoms with Crippen molar-refractivity contribution in [3.63, 3.8) is 0 Å². The second kappa shape index (κ2) is 1.80. The summed E-state index contributed by atoms with van der Waals surface area (Å²) in [5.74, 6) is 1.62. The number of dihydropyridines is 1. The first-order valence-electron chi connectivity index (χ1n) is 3.13. The standard InChI is InChI=1S/C7H7N3/c8-6-2-1-5-3-4-9-7(5)10-6/h1-5H,(H2,8,9,10)/t5-/m0/s1. The zero-order valence-corrected chi connectivity index (χ0v) is 5.36. The first-order valence-corrected chi connectivity index (χ1v) is 3.13. The Hall–Kier alpha value is -1.38. The van der Waals surface area contributed by atoms with Crippen molar-refractivity contribution in [3.8, 4) is 0 Å². The molecule has 0 spiro atoms. The molecule has 0 saturated heterocycles. The minimum atomic E-state index is 0.271. The quantitative estimate of drug-likeness (QED) is 0.512. The van der Waals surface area contributed by atoms with Gasteiger partial charge in [0.15, 0.2) is 0 Å². The summed E-state index contributed by atoms with van der Waals surface area (Å²) < 4.78 is 0. The van der Waals surface area contributed by atoms with Crippen LogP contribution in [0.1, 0.15) is 0 Å². The lowest BCUT2D eigenvalue weighted by molar-refractivity contribution is 1.13. The second-order valence-electron chi connectivity index (χ2n) is 2.25. The lowest BCUT2D eigenvalue weighted by Gasteiger charge is -2.06. The fourth-order valence-corrected chi connectivity index (χ4v) is 1.01. The Morgan fingerprint density at radius 3 is 3.20 bits per heavy atom. The first-order chi connectivity index (χ1) is 4.86. The van der Waals surface area contributed by atoms with Gasteiger partial charge in [0, 0.05) is 6.20 Å². The van der Waals surface area contributed by atoms with Crippen molar-refractivity contribution in [1.82, 2.24) is 0 Å². The summed E-state index contributed by atoms with van der Waals surface area (Å²) in [5, 5.41) is 0. The zero-order valence-electron chi connectivity index (χ0n) is 5.36. The minimum absolute atomic E-state index is 0.271. The van der Waals surface area contributed by atoms with Crippen molar-refractivity contribution in [2.45, 2.75) is 0 Å². The van der Waals surface area contributed by atoms with Gasteiger partial charge in [-0.2, -0.15) is 0 Å². The molecule has 0 aromatic rings. The highest BCUT2D eigenvalue weighted by atomic mass is 15.0. The maximum Gasteiger partial charge on any atom is 0.141 e. The van der Waals surface area contributed by atoms with Crippen molar-refractivity contribution >= 4 is 11.7 Å². The molecule has 3 heteroatoms. The van der Waals surface area contributed by atoms with Crippen molar-refractivity contribution in [1.29, 1.82) is 0 Å². The van der Waals surface area contributed by atoms with E-state index in [4.69, 9.17) is 5.73 Å². The van der Waals surface area contributed by atoms with Crippen LogP contribution < -0.4 is 5.73 Å². The second-order valence-corrected chi connectivity index (χ2v) is 2.25. The summed E-state index contributed by atoms with van der Waals surface area (Å²) in [6, 6.07) is 0. The minimum Gasteiger partial charge on any atom is -0.384 e. The molecular formula is C7H7N3. The van der Waals surface area contributed by atoms with Crippen molar-refractivity contribution < 1.29 is 0 Å². The SMILES string of the molecule is NC1=NC2=NC=C[C@@H]2C=C1. The van der Waals surface area contributed by atoms with Crippen LogP contribution in [-0.4, -0.2) is 11.7 Å². The van der Waals surface area contributed by atoms with Crippen molar-refractivity contribution in [3.05, 3.63) is 24.4 Å². The van der Waals surface area contributed by atoms with Gasteiger partial charge in [0.25, 0.3) is 0 Å². The molecule has 0 unspecified atom stereocenters. The van der Waals surface area contributed by atoms with E-state index in [9.17, 15) is 0 Å². The smallest absolute Gasteiger partial charge is 0.141 e. The lowest BCUT2D eigenvalue weighted by atomic mass is 10.1. The molecule has 1 atom stereocenters. The number of nitrogens with zero attached hydrogens (tertiary/aromatic N) is 2. The van der Waals surface area contributed by atoms with Crippen LogP contribution in [0, 0.1) is 5.92 Å². The van der Waals surface area contributed by atoms with E-state index in [1.807, 2.05) is 12.2 Å². The van der Waals surface area contributed by atoms with Crippen LogP contribution in [0.25, 0.3) is 0 Å². The molecular weight excluding hydrogens is 126 g/mol. The molecule has 50 valence electrons. The van der Waals surface area contributed by atoms with E-state index >= 15 is 0 Å². The fraction of sp³-hybridized carbons (Fsp3) is 0.143. The van der Waals surface area contributed by atoms with Crippen molar-refractivity contribution in [2.75, 3.05) is 0 Å². The van der Waals surface area contributed by atoms with Crippen LogP contribution in [0.5, 0.6) is 0 Å². The summed E-state index contributed by atoms with van der Waals surface area (Å²) in [6.45, 7) is 0. The van der Waals surface area contributed by atoms with Crippen LogP contribution in [-0.2, 0) is 0 Å². The van der Waals surface area contributed by atoms with E-state index < -0.39 is 0 Å². The molecule has 2 aliphatic heterocycles. The largest absolute Gasteiger partial charge is 0.384 e. The molecule has 0 radical (unpaired) electrons. The fourth-order valence-electron chi connectivity index (χ4n) is 1.01. The topological polar surface area (TPSA) is 50.7 Å². The molecule has 0 fully saturated rings. The van der Waals surface area contributed by atoms with Gasteiger partial charge in [-0.1, -0.05) is 12.2 Å². The van der Waals surface area contributed by atoms with Gasteiger partial charge >= 0.3 is 0 Å². The molecule has 2 rings (SSSR count). The number of hydrogen-bond donors (Lipinski definition) is 1. The average molecular weight is 133 g/mol. The number of amidine groups is 2. The highest BCUT2D eigenvalue weighted by Crippen LogP contribution is 2.15. The molecule has 10 heavy (non-hydrogen) atoms. The number of aliphatic imine (C=N–C) groups is 2. The summed E-state index contributed by atoms with van der Waals surface area (Å²) in [5.41, 5.74) is 5.45. The number of nitrogens with two attached hydrogens (primary N) is 1. The lowest BCUT2D eigenvalue weighted by Crippen LogP contribution is -2.18. The number of hydrogen-bond acceptors (Lipinski definition) is 3. The van der Waals surface area contributed by atoms with Gasteiger partial charge in [0.05, 0.1) is 5.92 Å². The molecule has 0 aromatic carbocycles. The molecule has 2 heterocycles. The van der Waals surface area contributed by atoms with Gasteiger partial charge in [0.1, 0.15) is 11.7 Å².